The van der Waals surface area contributed by atoms with Crippen molar-refractivity contribution in [3.63, 3.8) is 0 Å². The van der Waals surface area contributed by atoms with Crippen molar-refractivity contribution in [3.05, 3.63) is 40.6 Å². The van der Waals surface area contributed by atoms with E-state index in [1.807, 2.05) is 36.6 Å². The Morgan fingerprint density at radius 1 is 1.38 bits per heavy atom. The summed E-state index contributed by atoms with van der Waals surface area (Å²) in [6.07, 6.45) is 0. The summed E-state index contributed by atoms with van der Waals surface area (Å²) in [5.74, 6) is 0.661. The standard InChI is InChI=1S/C12H8ClNOS/c1-7-14-10-6-9(13)8(5-11(10)15-7)12-3-2-4-16-12/h2-6H,1H3. The molecule has 0 aliphatic rings. The van der Waals surface area contributed by atoms with Gasteiger partial charge < -0.3 is 4.42 Å². The lowest BCUT2D eigenvalue weighted by Gasteiger charge is -2.00. The van der Waals surface area contributed by atoms with Crippen molar-refractivity contribution in [2.45, 2.75) is 6.92 Å². The Morgan fingerprint density at radius 2 is 2.25 bits per heavy atom. The van der Waals surface area contributed by atoms with E-state index >= 15 is 0 Å². The number of oxazole rings is 1. The first kappa shape index (κ1) is 9.87. The molecule has 0 N–H and O–H groups in total. The van der Waals surface area contributed by atoms with Gasteiger partial charge in [0.05, 0.1) is 5.02 Å². The third-order valence-electron chi connectivity index (χ3n) is 2.37. The fourth-order valence-electron chi connectivity index (χ4n) is 1.68. The number of hydrogen-bond acceptors (Lipinski definition) is 3. The molecule has 2 heterocycles. The minimum absolute atomic E-state index is 0.661. The zero-order chi connectivity index (χ0) is 11.1. The van der Waals surface area contributed by atoms with E-state index in [2.05, 4.69) is 4.98 Å². The van der Waals surface area contributed by atoms with Crippen LogP contribution in [0.15, 0.2) is 34.1 Å². The summed E-state index contributed by atoms with van der Waals surface area (Å²) in [6, 6.07) is 7.85. The number of aromatic nitrogens is 1. The van der Waals surface area contributed by atoms with Gasteiger partial charge in [-0.25, -0.2) is 4.98 Å². The molecule has 1 aromatic carbocycles. The summed E-state index contributed by atoms with van der Waals surface area (Å²) in [4.78, 5) is 5.39. The molecular formula is C12H8ClNOS. The summed E-state index contributed by atoms with van der Waals surface area (Å²) in [7, 11) is 0. The molecule has 16 heavy (non-hydrogen) atoms. The highest BCUT2D eigenvalue weighted by Gasteiger charge is 2.10. The first-order chi connectivity index (χ1) is 7.74. The number of rotatable bonds is 1. The van der Waals surface area contributed by atoms with Crippen LogP contribution in [0.1, 0.15) is 5.89 Å². The third-order valence-corrected chi connectivity index (χ3v) is 3.59. The number of aryl methyl sites for hydroxylation is 1. The molecule has 0 atom stereocenters. The number of hydrogen-bond donors (Lipinski definition) is 0. The fraction of sp³-hybridized carbons (Fsp3) is 0.0833. The Labute approximate surface area is 101 Å². The SMILES string of the molecule is Cc1nc2cc(Cl)c(-c3cccs3)cc2o1. The van der Waals surface area contributed by atoms with Gasteiger partial charge in [-0.15, -0.1) is 11.3 Å². The van der Waals surface area contributed by atoms with Crippen molar-refractivity contribution >= 4 is 34.0 Å². The van der Waals surface area contributed by atoms with Crippen molar-refractivity contribution in [2.75, 3.05) is 0 Å². The number of halogens is 1. The molecule has 0 saturated carbocycles. The lowest BCUT2D eigenvalue weighted by molar-refractivity contribution is 0.561. The van der Waals surface area contributed by atoms with Gasteiger partial charge in [0.2, 0.25) is 0 Å². The van der Waals surface area contributed by atoms with E-state index in [4.69, 9.17) is 16.0 Å². The number of fused-ring (bicyclic) bond motifs is 1. The quantitative estimate of drug-likeness (QED) is 0.634. The van der Waals surface area contributed by atoms with E-state index in [1.165, 1.54) is 0 Å². The maximum Gasteiger partial charge on any atom is 0.192 e. The van der Waals surface area contributed by atoms with Gasteiger partial charge in [-0.05, 0) is 23.6 Å². The third kappa shape index (κ3) is 1.52. The van der Waals surface area contributed by atoms with Gasteiger partial charge in [-0.1, -0.05) is 17.7 Å². The van der Waals surface area contributed by atoms with Crippen molar-refractivity contribution < 1.29 is 4.42 Å². The molecule has 0 saturated heterocycles. The topological polar surface area (TPSA) is 26.0 Å². The Kier molecular flexibility index (Phi) is 2.23. The first-order valence-electron chi connectivity index (χ1n) is 4.84. The second kappa shape index (κ2) is 3.61. The molecule has 0 amide bonds. The molecule has 0 radical (unpaired) electrons. The summed E-state index contributed by atoms with van der Waals surface area (Å²) >= 11 is 7.89. The van der Waals surface area contributed by atoms with Gasteiger partial charge in [0.1, 0.15) is 5.52 Å². The zero-order valence-corrected chi connectivity index (χ0v) is 10.1. The average Bonchev–Trinajstić information content (AvgIpc) is 2.83. The highest BCUT2D eigenvalue weighted by molar-refractivity contribution is 7.13. The summed E-state index contributed by atoms with van der Waals surface area (Å²) in [6.45, 7) is 1.83. The van der Waals surface area contributed by atoms with Crippen molar-refractivity contribution in [1.82, 2.24) is 4.98 Å². The molecule has 0 fully saturated rings. The lowest BCUT2D eigenvalue weighted by atomic mass is 10.2. The van der Waals surface area contributed by atoms with Crippen LogP contribution in [0.25, 0.3) is 21.5 Å². The number of benzene rings is 1. The average molecular weight is 250 g/mol. The number of nitrogens with zero attached hydrogens (tertiary/aromatic N) is 1. The van der Waals surface area contributed by atoms with Crippen LogP contribution >= 0.6 is 22.9 Å². The Bertz CT molecular complexity index is 642. The van der Waals surface area contributed by atoms with Crippen molar-refractivity contribution in [2.24, 2.45) is 0 Å². The van der Waals surface area contributed by atoms with Crippen LogP contribution < -0.4 is 0 Å². The molecule has 0 unspecified atom stereocenters. The monoisotopic (exact) mass is 249 g/mol. The van der Waals surface area contributed by atoms with Gasteiger partial charge in [0.25, 0.3) is 0 Å². The maximum absolute atomic E-state index is 6.23. The Balaban J connectivity index is 2.29. The van der Waals surface area contributed by atoms with E-state index < -0.39 is 0 Å². The molecule has 2 aromatic heterocycles. The minimum atomic E-state index is 0.661. The maximum atomic E-state index is 6.23. The van der Waals surface area contributed by atoms with Crippen LogP contribution in [0.3, 0.4) is 0 Å². The normalized spacial score (nSPS) is 11.1. The van der Waals surface area contributed by atoms with Crippen molar-refractivity contribution in [1.29, 1.82) is 0 Å². The largest absolute Gasteiger partial charge is 0.441 e. The van der Waals surface area contributed by atoms with E-state index in [1.54, 1.807) is 11.3 Å². The van der Waals surface area contributed by atoms with Crippen LogP contribution in [0.2, 0.25) is 5.02 Å². The van der Waals surface area contributed by atoms with Gasteiger partial charge in [-0.3, -0.25) is 0 Å². The van der Waals surface area contributed by atoms with Crippen LogP contribution in [0, 0.1) is 6.92 Å². The summed E-state index contributed by atoms with van der Waals surface area (Å²) < 4.78 is 5.50. The second-order valence-electron chi connectivity index (χ2n) is 3.51. The Morgan fingerprint density at radius 3 is 3.00 bits per heavy atom. The molecule has 2 nitrogen and oxygen atoms in total. The summed E-state index contributed by atoms with van der Waals surface area (Å²) in [5.41, 5.74) is 2.59. The van der Waals surface area contributed by atoms with Gasteiger partial charge in [0.15, 0.2) is 11.5 Å². The van der Waals surface area contributed by atoms with Gasteiger partial charge >= 0.3 is 0 Å². The van der Waals surface area contributed by atoms with Gasteiger partial charge in [0, 0.05) is 17.4 Å². The van der Waals surface area contributed by atoms with E-state index in [-0.39, 0.29) is 0 Å². The fourth-order valence-corrected chi connectivity index (χ4v) is 2.76. The summed E-state index contributed by atoms with van der Waals surface area (Å²) in [5, 5.41) is 2.74. The first-order valence-corrected chi connectivity index (χ1v) is 6.10. The second-order valence-corrected chi connectivity index (χ2v) is 4.86. The molecule has 0 aliphatic carbocycles. The van der Waals surface area contributed by atoms with Crippen LogP contribution in [-0.4, -0.2) is 4.98 Å². The molecule has 0 aliphatic heterocycles. The van der Waals surface area contributed by atoms with Gasteiger partial charge in [-0.2, -0.15) is 0 Å². The molecule has 0 spiro atoms. The molecule has 0 bridgehead atoms. The zero-order valence-electron chi connectivity index (χ0n) is 8.53. The molecular weight excluding hydrogens is 242 g/mol. The van der Waals surface area contributed by atoms with E-state index in [0.29, 0.717) is 10.9 Å². The van der Waals surface area contributed by atoms with E-state index in [9.17, 15) is 0 Å². The van der Waals surface area contributed by atoms with Crippen LogP contribution in [0.4, 0.5) is 0 Å². The lowest BCUT2D eigenvalue weighted by Crippen LogP contribution is -1.76. The smallest absolute Gasteiger partial charge is 0.192 e. The highest BCUT2D eigenvalue weighted by Crippen LogP contribution is 2.34. The Hall–Kier alpha value is -1.32. The molecule has 80 valence electrons. The van der Waals surface area contributed by atoms with Crippen molar-refractivity contribution in [3.8, 4) is 10.4 Å². The van der Waals surface area contributed by atoms with Crippen LogP contribution in [0.5, 0.6) is 0 Å². The predicted octanol–water partition coefficient (Wildman–Crippen LogP) is 4.52. The predicted molar refractivity (Wildman–Crippen MR) is 67.1 cm³/mol. The molecule has 4 heteroatoms. The van der Waals surface area contributed by atoms with Crippen LogP contribution in [-0.2, 0) is 0 Å². The molecule has 3 rings (SSSR count). The van der Waals surface area contributed by atoms with E-state index in [0.717, 1.165) is 21.5 Å². The number of thiophene rings is 1. The highest BCUT2D eigenvalue weighted by atomic mass is 35.5. The minimum Gasteiger partial charge on any atom is -0.441 e. The molecule has 3 aromatic rings.